The Bertz CT molecular complexity index is 681. The van der Waals surface area contributed by atoms with Gasteiger partial charge in [-0.1, -0.05) is 19.4 Å². The minimum Gasteiger partial charge on any atom is -0.345 e. The summed E-state index contributed by atoms with van der Waals surface area (Å²) in [6.07, 6.45) is 1.97. The molecule has 22 heavy (non-hydrogen) atoms. The van der Waals surface area contributed by atoms with E-state index in [4.69, 9.17) is 0 Å². The lowest BCUT2D eigenvalue weighted by Gasteiger charge is -2.14. The second kappa shape index (κ2) is 7.01. The number of hydrogen-bond donors (Lipinski definition) is 1. The maximum absolute atomic E-state index is 13.7. The number of aryl methyl sites for hydroxylation is 2. The van der Waals surface area contributed by atoms with Crippen LogP contribution in [0.5, 0.6) is 0 Å². The van der Waals surface area contributed by atoms with Crippen molar-refractivity contribution in [3.8, 4) is 0 Å². The number of amides is 1. The number of hydrogen-bond acceptors (Lipinski definition) is 2. The van der Waals surface area contributed by atoms with E-state index in [9.17, 15) is 13.6 Å². The normalized spacial score (nSPS) is 12.2. The minimum absolute atomic E-state index is 0.230. The predicted molar refractivity (Wildman–Crippen MR) is 85.3 cm³/mol. The van der Waals surface area contributed by atoms with Crippen LogP contribution in [0, 0.1) is 18.6 Å². The van der Waals surface area contributed by atoms with E-state index in [0.717, 1.165) is 23.8 Å². The second-order valence-corrected chi connectivity index (χ2v) is 6.56. The minimum atomic E-state index is -0.651. The number of rotatable bonds is 5. The van der Waals surface area contributed by atoms with E-state index < -0.39 is 17.7 Å². The van der Waals surface area contributed by atoms with Crippen LogP contribution in [0.25, 0.3) is 0 Å². The molecule has 1 atom stereocenters. The number of carbonyl (C=O) groups excluding carboxylic acids is 1. The first-order valence-corrected chi connectivity index (χ1v) is 8.09. The summed E-state index contributed by atoms with van der Waals surface area (Å²) in [6, 6.07) is 4.75. The fraction of sp³-hybridized carbons (Fsp3) is 0.353. The van der Waals surface area contributed by atoms with Gasteiger partial charge in [-0.25, -0.2) is 8.78 Å². The molecule has 0 unspecified atom stereocenters. The molecule has 1 aromatic heterocycles. The van der Waals surface area contributed by atoms with E-state index in [1.165, 1.54) is 29.0 Å². The lowest BCUT2D eigenvalue weighted by molar-refractivity contribution is 0.0943. The Labute approximate surface area is 133 Å². The van der Waals surface area contributed by atoms with Crippen molar-refractivity contribution in [3.05, 3.63) is 56.8 Å². The van der Waals surface area contributed by atoms with E-state index in [1.807, 2.05) is 13.0 Å². The van der Waals surface area contributed by atoms with Gasteiger partial charge in [0.25, 0.3) is 5.91 Å². The molecule has 0 spiro atoms. The molecule has 0 radical (unpaired) electrons. The summed E-state index contributed by atoms with van der Waals surface area (Å²) in [5, 5.41) is 2.76. The topological polar surface area (TPSA) is 29.1 Å². The van der Waals surface area contributed by atoms with Gasteiger partial charge < -0.3 is 5.32 Å². The maximum atomic E-state index is 13.7. The van der Waals surface area contributed by atoms with Crippen molar-refractivity contribution in [2.24, 2.45) is 0 Å². The summed E-state index contributed by atoms with van der Waals surface area (Å²) in [7, 11) is 0. The molecule has 118 valence electrons. The molecule has 0 saturated carbocycles. The molecule has 2 rings (SSSR count). The Hall–Kier alpha value is -1.75. The third-order valence-electron chi connectivity index (χ3n) is 3.54. The summed E-state index contributed by atoms with van der Waals surface area (Å²) >= 11 is 1.44. The average molecular weight is 323 g/mol. The highest BCUT2D eigenvalue weighted by molar-refractivity contribution is 7.14. The quantitative estimate of drug-likeness (QED) is 0.843. The van der Waals surface area contributed by atoms with Crippen molar-refractivity contribution in [1.82, 2.24) is 5.32 Å². The zero-order valence-corrected chi connectivity index (χ0v) is 13.7. The molecule has 0 fully saturated rings. The van der Waals surface area contributed by atoms with E-state index in [1.54, 1.807) is 6.92 Å². The van der Waals surface area contributed by atoms with Gasteiger partial charge >= 0.3 is 0 Å². The van der Waals surface area contributed by atoms with Gasteiger partial charge in [0, 0.05) is 16.5 Å². The molecule has 0 bridgehead atoms. The fourth-order valence-corrected chi connectivity index (χ4v) is 3.32. The predicted octanol–water partition coefficient (Wildman–Crippen LogP) is 4.78. The number of nitrogens with one attached hydrogen (secondary N) is 1. The van der Waals surface area contributed by atoms with Crippen LogP contribution in [0.3, 0.4) is 0 Å². The smallest absolute Gasteiger partial charge is 0.261 e. The molecule has 0 aliphatic carbocycles. The van der Waals surface area contributed by atoms with Crippen molar-refractivity contribution in [3.63, 3.8) is 0 Å². The van der Waals surface area contributed by atoms with Gasteiger partial charge in [0.05, 0.1) is 10.9 Å². The third-order valence-corrected chi connectivity index (χ3v) is 4.63. The first kappa shape index (κ1) is 16.6. The van der Waals surface area contributed by atoms with Crippen molar-refractivity contribution in [2.45, 2.75) is 39.7 Å². The van der Waals surface area contributed by atoms with Gasteiger partial charge in [-0.3, -0.25) is 4.79 Å². The standard InChI is InChI=1S/C17H19F2NOS/c1-4-5-12-8-16(22-11(12)3)17(21)20-10(2)14-7-6-13(18)9-15(14)19/h6-10H,4-5H2,1-3H3,(H,20,21)/t10-/m0/s1. The summed E-state index contributed by atoms with van der Waals surface area (Å²) < 4.78 is 26.7. The molecule has 2 nitrogen and oxygen atoms in total. The van der Waals surface area contributed by atoms with Crippen molar-refractivity contribution in [2.75, 3.05) is 0 Å². The van der Waals surface area contributed by atoms with E-state index >= 15 is 0 Å². The molecule has 5 heteroatoms. The Morgan fingerprint density at radius 2 is 2.05 bits per heavy atom. The molecule has 1 amide bonds. The molecule has 0 saturated heterocycles. The maximum Gasteiger partial charge on any atom is 0.261 e. The van der Waals surface area contributed by atoms with Crippen molar-refractivity contribution < 1.29 is 13.6 Å². The highest BCUT2D eigenvalue weighted by Gasteiger charge is 2.17. The van der Waals surface area contributed by atoms with Crippen LogP contribution in [-0.4, -0.2) is 5.91 Å². The molecular formula is C17H19F2NOS. The third kappa shape index (κ3) is 3.71. The second-order valence-electron chi connectivity index (χ2n) is 5.30. The molecule has 0 aliphatic heterocycles. The van der Waals surface area contributed by atoms with E-state index in [0.29, 0.717) is 4.88 Å². The average Bonchev–Trinajstić information content (AvgIpc) is 2.80. The zero-order chi connectivity index (χ0) is 16.3. The SMILES string of the molecule is CCCc1cc(C(=O)N[C@@H](C)c2ccc(F)cc2F)sc1C. The molecule has 1 heterocycles. The molecular weight excluding hydrogens is 304 g/mol. The van der Waals surface area contributed by atoms with Gasteiger partial charge in [0.1, 0.15) is 11.6 Å². The highest BCUT2D eigenvalue weighted by Crippen LogP contribution is 2.24. The summed E-state index contributed by atoms with van der Waals surface area (Å²) in [5.41, 5.74) is 1.45. The van der Waals surface area contributed by atoms with Gasteiger partial charge in [-0.15, -0.1) is 11.3 Å². The van der Waals surface area contributed by atoms with Gasteiger partial charge in [-0.05, 0) is 38.0 Å². The van der Waals surface area contributed by atoms with Crippen molar-refractivity contribution >= 4 is 17.2 Å². The van der Waals surface area contributed by atoms with Gasteiger partial charge in [0.15, 0.2) is 0 Å². The first-order chi connectivity index (χ1) is 10.4. The lowest BCUT2D eigenvalue weighted by Crippen LogP contribution is -2.26. The summed E-state index contributed by atoms with van der Waals surface area (Å²) in [6.45, 7) is 5.77. The van der Waals surface area contributed by atoms with Crippen molar-refractivity contribution in [1.29, 1.82) is 0 Å². The monoisotopic (exact) mass is 323 g/mol. The van der Waals surface area contributed by atoms with Crippen LogP contribution >= 0.6 is 11.3 Å². The number of thiophene rings is 1. The zero-order valence-electron chi connectivity index (χ0n) is 12.9. The Morgan fingerprint density at radius 3 is 2.68 bits per heavy atom. The first-order valence-electron chi connectivity index (χ1n) is 7.27. The van der Waals surface area contributed by atoms with E-state index in [-0.39, 0.29) is 11.5 Å². The number of benzene rings is 1. The lowest BCUT2D eigenvalue weighted by atomic mass is 10.1. The van der Waals surface area contributed by atoms with Gasteiger partial charge in [0.2, 0.25) is 0 Å². The molecule has 1 N–H and O–H groups in total. The van der Waals surface area contributed by atoms with Crippen LogP contribution in [0.15, 0.2) is 24.3 Å². The van der Waals surface area contributed by atoms with E-state index in [2.05, 4.69) is 12.2 Å². The van der Waals surface area contributed by atoms with Crippen LogP contribution in [0.4, 0.5) is 8.78 Å². The summed E-state index contributed by atoms with van der Waals surface area (Å²) in [4.78, 5) is 14.0. The van der Waals surface area contributed by atoms with Crippen LogP contribution in [0.2, 0.25) is 0 Å². The fourth-order valence-electron chi connectivity index (χ4n) is 2.35. The number of halogens is 2. The highest BCUT2D eigenvalue weighted by atomic mass is 32.1. The molecule has 0 aliphatic rings. The number of carbonyl (C=O) groups is 1. The molecule has 1 aromatic carbocycles. The van der Waals surface area contributed by atoms with Crippen LogP contribution in [-0.2, 0) is 6.42 Å². The largest absolute Gasteiger partial charge is 0.345 e. The van der Waals surface area contributed by atoms with Crippen LogP contribution < -0.4 is 5.32 Å². The Balaban J connectivity index is 2.12. The Kier molecular flexibility index (Phi) is 5.29. The van der Waals surface area contributed by atoms with Crippen LogP contribution in [0.1, 0.15) is 52.0 Å². The molecule has 2 aromatic rings. The Morgan fingerprint density at radius 1 is 1.32 bits per heavy atom. The summed E-state index contributed by atoms with van der Waals surface area (Å²) in [5.74, 6) is -1.51. The van der Waals surface area contributed by atoms with Gasteiger partial charge in [-0.2, -0.15) is 0 Å².